The van der Waals surface area contributed by atoms with Crippen LogP contribution in [0.1, 0.15) is 26.5 Å². The molecule has 0 aliphatic rings. The van der Waals surface area contributed by atoms with E-state index in [4.69, 9.17) is 4.74 Å². The van der Waals surface area contributed by atoms with E-state index in [-0.39, 0.29) is 11.5 Å². The third kappa shape index (κ3) is 4.02. The topological polar surface area (TPSA) is 69.0 Å². The van der Waals surface area contributed by atoms with Gasteiger partial charge in [-0.25, -0.2) is 14.5 Å². The number of nitrogens with one attached hydrogen (secondary N) is 1. The largest absolute Gasteiger partial charge is 0.444 e. The van der Waals surface area contributed by atoms with Gasteiger partial charge in [-0.2, -0.15) is 18.3 Å². The molecule has 0 aliphatic carbocycles. The molecule has 1 aromatic carbocycles. The molecule has 1 N–H and O–H groups in total. The van der Waals surface area contributed by atoms with Crippen molar-refractivity contribution in [3.8, 4) is 5.69 Å². The molecular weight excluding hydrogens is 361 g/mol. The summed E-state index contributed by atoms with van der Waals surface area (Å²) in [5.41, 5.74) is -1.46. The lowest BCUT2D eigenvalue weighted by molar-refractivity contribution is -0.142. The second-order valence-electron chi connectivity index (χ2n) is 6.79. The molecule has 9 heteroatoms. The normalized spacial score (nSPS) is 12.2. The number of aromatic nitrogens is 3. The SMILES string of the molecule is CC(C)(C)OC(=O)Nc1ncc(-n2nccc2C(F)(F)F)c2ccccc12. The Bertz CT molecular complexity index is 990. The lowest BCUT2D eigenvalue weighted by Crippen LogP contribution is -2.27. The van der Waals surface area contributed by atoms with Crippen molar-refractivity contribution in [2.24, 2.45) is 0 Å². The summed E-state index contributed by atoms with van der Waals surface area (Å²) in [7, 11) is 0. The summed E-state index contributed by atoms with van der Waals surface area (Å²) in [6.07, 6.45) is -2.96. The van der Waals surface area contributed by atoms with Gasteiger partial charge in [0, 0.05) is 10.8 Å². The van der Waals surface area contributed by atoms with E-state index >= 15 is 0 Å². The molecule has 142 valence electrons. The number of rotatable bonds is 2. The van der Waals surface area contributed by atoms with E-state index < -0.39 is 23.6 Å². The summed E-state index contributed by atoms with van der Waals surface area (Å²) >= 11 is 0. The van der Waals surface area contributed by atoms with Crippen LogP contribution in [-0.2, 0) is 10.9 Å². The predicted molar refractivity (Wildman–Crippen MR) is 93.7 cm³/mol. The number of alkyl halides is 3. The molecule has 0 bridgehead atoms. The minimum absolute atomic E-state index is 0.151. The highest BCUT2D eigenvalue weighted by Gasteiger charge is 2.35. The van der Waals surface area contributed by atoms with Crippen LogP contribution in [0, 0.1) is 0 Å². The molecule has 0 atom stereocenters. The van der Waals surface area contributed by atoms with Crippen molar-refractivity contribution in [1.29, 1.82) is 0 Å². The first-order chi connectivity index (χ1) is 12.6. The lowest BCUT2D eigenvalue weighted by Gasteiger charge is -2.20. The minimum atomic E-state index is -4.56. The van der Waals surface area contributed by atoms with Crippen LogP contribution >= 0.6 is 0 Å². The van der Waals surface area contributed by atoms with E-state index in [2.05, 4.69) is 15.4 Å². The van der Waals surface area contributed by atoms with Gasteiger partial charge in [0.1, 0.15) is 17.1 Å². The van der Waals surface area contributed by atoms with Gasteiger partial charge < -0.3 is 4.74 Å². The molecule has 0 aliphatic heterocycles. The van der Waals surface area contributed by atoms with Crippen molar-refractivity contribution >= 4 is 22.7 Å². The highest BCUT2D eigenvalue weighted by atomic mass is 19.4. The van der Waals surface area contributed by atoms with Crippen molar-refractivity contribution < 1.29 is 22.7 Å². The number of pyridine rings is 1. The Morgan fingerprint density at radius 3 is 2.41 bits per heavy atom. The third-order valence-corrected chi connectivity index (χ3v) is 3.55. The summed E-state index contributed by atoms with van der Waals surface area (Å²) in [4.78, 5) is 16.1. The zero-order valence-electron chi connectivity index (χ0n) is 14.8. The van der Waals surface area contributed by atoms with Crippen molar-refractivity contribution in [2.45, 2.75) is 32.5 Å². The van der Waals surface area contributed by atoms with E-state index in [1.54, 1.807) is 45.0 Å². The highest BCUT2D eigenvalue weighted by Crippen LogP contribution is 2.33. The summed E-state index contributed by atoms with van der Waals surface area (Å²) in [5, 5.41) is 7.24. The van der Waals surface area contributed by atoms with E-state index in [0.717, 1.165) is 16.9 Å². The zero-order chi connectivity index (χ0) is 19.8. The van der Waals surface area contributed by atoms with Gasteiger partial charge in [-0.15, -0.1) is 0 Å². The van der Waals surface area contributed by atoms with Crippen LogP contribution in [0.4, 0.5) is 23.8 Å². The van der Waals surface area contributed by atoms with Crippen LogP contribution in [0.2, 0.25) is 0 Å². The van der Waals surface area contributed by atoms with E-state index in [1.165, 1.54) is 6.20 Å². The Morgan fingerprint density at radius 1 is 1.11 bits per heavy atom. The van der Waals surface area contributed by atoms with Crippen molar-refractivity contribution in [2.75, 3.05) is 5.32 Å². The number of hydrogen-bond donors (Lipinski definition) is 1. The number of benzene rings is 1. The van der Waals surface area contributed by atoms with Crippen molar-refractivity contribution in [3.63, 3.8) is 0 Å². The quantitative estimate of drug-likeness (QED) is 0.696. The van der Waals surface area contributed by atoms with Crippen LogP contribution in [0.15, 0.2) is 42.7 Å². The summed E-state index contributed by atoms with van der Waals surface area (Å²) in [6, 6.07) is 7.55. The number of carbonyl (C=O) groups is 1. The first kappa shape index (κ1) is 18.7. The number of anilines is 1. The molecule has 2 aromatic heterocycles. The fourth-order valence-electron chi connectivity index (χ4n) is 2.56. The molecule has 0 saturated heterocycles. The second kappa shape index (κ2) is 6.57. The fraction of sp³-hybridized carbons (Fsp3) is 0.278. The zero-order valence-corrected chi connectivity index (χ0v) is 14.8. The average molecular weight is 378 g/mol. The van der Waals surface area contributed by atoms with Gasteiger partial charge in [-0.3, -0.25) is 5.32 Å². The smallest absolute Gasteiger partial charge is 0.433 e. The number of ether oxygens (including phenoxy) is 1. The first-order valence-corrected chi connectivity index (χ1v) is 8.05. The molecule has 0 spiro atoms. The molecule has 3 aromatic rings. The fourth-order valence-corrected chi connectivity index (χ4v) is 2.56. The average Bonchev–Trinajstić information content (AvgIpc) is 3.03. The minimum Gasteiger partial charge on any atom is -0.444 e. The van der Waals surface area contributed by atoms with Crippen LogP contribution in [0.25, 0.3) is 16.5 Å². The van der Waals surface area contributed by atoms with Gasteiger partial charge in [0.05, 0.1) is 18.1 Å². The lowest BCUT2D eigenvalue weighted by atomic mass is 10.1. The van der Waals surface area contributed by atoms with Gasteiger partial charge in [0.25, 0.3) is 0 Å². The maximum Gasteiger partial charge on any atom is 0.433 e. The Kier molecular flexibility index (Phi) is 4.54. The molecule has 0 unspecified atom stereocenters. The molecule has 0 saturated carbocycles. The standard InChI is InChI=1S/C18H17F3N4O2/c1-17(2,3)27-16(26)24-15-12-7-5-4-6-11(12)13(10-22-15)25-14(8-9-23-25)18(19,20)21/h4-10H,1-3H3,(H,22,24,26). The van der Waals surface area contributed by atoms with Gasteiger partial charge in [0.15, 0.2) is 0 Å². The third-order valence-electron chi connectivity index (χ3n) is 3.55. The number of nitrogens with zero attached hydrogens (tertiary/aromatic N) is 3. The maximum atomic E-state index is 13.2. The number of carbonyl (C=O) groups excluding carboxylic acids is 1. The van der Waals surface area contributed by atoms with Crippen LogP contribution in [0.3, 0.4) is 0 Å². The number of fused-ring (bicyclic) bond motifs is 1. The Balaban J connectivity index is 2.07. The number of halogens is 3. The maximum absolute atomic E-state index is 13.2. The number of amides is 1. The van der Waals surface area contributed by atoms with Crippen molar-refractivity contribution in [1.82, 2.24) is 14.8 Å². The Hall–Kier alpha value is -3.10. The van der Waals surface area contributed by atoms with E-state index in [1.807, 2.05) is 0 Å². The monoisotopic (exact) mass is 378 g/mol. The van der Waals surface area contributed by atoms with Gasteiger partial charge in [-0.05, 0) is 26.8 Å². The molecule has 0 radical (unpaired) electrons. The molecule has 2 heterocycles. The van der Waals surface area contributed by atoms with Crippen LogP contribution in [-0.4, -0.2) is 26.5 Å². The molecular formula is C18H17F3N4O2. The Morgan fingerprint density at radius 2 is 1.78 bits per heavy atom. The van der Waals surface area contributed by atoms with E-state index in [0.29, 0.717) is 10.8 Å². The second-order valence-corrected chi connectivity index (χ2v) is 6.79. The van der Waals surface area contributed by atoms with Gasteiger partial charge >= 0.3 is 12.3 Å². The molecule has 6 nitrogen and oxygen atoms in total. The molecule has 1 amide bonds. The van der Waals surface area contributed by atoms with Gasteiger partial charge in [-0.1, -0.05) is 24.3 Å². The van der Waals surface area contributed by atoms with Gasteiger partial charge in [0.2, 0.25) is 0 Å². The van der Waals surface area contributed by atoms with E-state index in [9.17, 15) is 18.0 Å². The molecule has 3 rings (SSSR count). The van der Waals surface area contributed by atoms with Crippen LogP contribution < -0.4 is 5.32 Å². The summed E-state index contributed by atoms with van der Waals surface area (Å²) in [5.74, 6) is 0.185. The summed E-state index contributed by atoms with van der Waals surface area (Å²) in [6.45, 7) is 5.16. The molecule has 27 heavy (non-hydrogen) atoms. The Labute approximate surface area is 153 Å². The first-order valence-electron chi connectivity index (χ1n) is 8.05. The van der Waals surface area contributed by atoms with Crippen LogP contribution in [0.5, 0.6) is 0 Å². The highest BCUT2D eigenvalue weighted by molar-refractivity contribution is 6.01. The summed E-state index contributed by atoms with van der Waals surface area (Å²) < 4.78 is 45.6. The number of hydrogen-bond acceptors (Lipinski definition) is 4. The molecule has 0 fully saturated rings. The predicted octanol–water partition coefficient (Wildman–Crippen LogP) is 4.79. The van der Waals surface area contributed by atoms with Crippen molar-refractivity contribution in [3.05, 3.63) is 48.4 Å².